The van der Waals surface area contributed by atoms with Gasteiger partial charge in [0.15, 0.2) is 5.58 Å². The fraction of sp³-hybridized carbons (Fsp3) is 0.333. The number of aliphatic hydroxyl groups excluding tert-OH is 1. The first-order valence-corrected chi connectivity index (χ1v) is 6.55. The van der Waals surface area contributed by atoms with Gasteiger partial charge in [0.25, 0.3) is 0 Å². The number of fused-ring (bicyclic) bond motifs is 1. The largest absolute Gasteiger partial charge is 0.437 e. The van der Waals surface area contributed by atoms with Gasteiger partial charge in [-0.1, -0.05) is 19.1 Å². The molecular weight excluding hydrogens is 256 g/mol. The summed E-state index contributed by atoms with van der Waals surface area (Å²) in [6, 6.07) is 7.32. The summed E-state index contributed by atoms with van der Waals surface area (Å²) < 4.78 is 5.47. The van der Waals surface area contributed by atoms with Crippen molar-refractivity contribution in [3.63, 3.8) is 0 Å². The molecule has 0 fully saturated rings. The van der Waals surface area contributed by atoms with Crippen molar-refractivity contribution >= 4 is 23.1 Å². The number of nitrogens with one attached hydrogen (secondary N) is 1. The maximum Gasteiger partial charge on any atom is 0.244 e. The molecule has 0 saturated carbocycles. The molecule has 0 aliphatic rings. The Balaban J connectivity index is 2.00. The summed E-state index contributed by atoms with van der Waals surface area (Å²) in [4.78, 5) is 16.0. The molecule has 20 heavy (non-hydrogen) atoms. The lowest BCUT2D eigenvalue weighted by Gasteiger charge is -2.17. The van der Waals surface area contributed by atoms with Gasteiger partial charge >= 0.3 is 0 Å². The van der Waals surface area contributed by atoms with Gasteiger partial charge < -0.3 is 14.8 Å². The number of para-hydroxylation sites is 2. The van der Waals surface area contributed by atoms with E-state index in [1.165, 1.54) is 12.2 Å². The van der Waals surface area contributed by atoms with Gasteiger partial charge in [0.1, 0.15) is 5.52 Å². The van der Waals surface area contributed by atoms with Crippen LogP contribution in [0.4, 0.5) is 0 Å². The van der Waals surface area contributed by atoms with Crippen LogP contribution in [0, 0.1) is 5.92 Å². The zero-order valence-corrected chi connectivity index (χ0v) is 11.5. The summed E-state index contributed by atoms with van der Waals surface area (Å²) in [6.07, 6.45) is 2.91. The van der Waals surface area contributed by atoms with Crippen LogP contribution in [0.25, 0.3) is 17.2 Å². The second-order valence-corrected chi connectivity index (χ2v) is 4.81. The third-order valence-corrected chi connectivity index (χ3v) is 3.20. The van der Waals surface area contributed by atoms with Gasteiger partial charge in [-0.2, -0.15) is 0 Å². The number of hydrogen-bond donors (Lipinski definition) is 2. The maximum absolute atomic E-state index is 11.7. The third kappa shape index (κ3) is 3.45. The number of aromatic nitrogens is 1. The summed E-state index contributed by atoms with van der Waals surface area (Å²) in [5, 5.41) is 11.8. The Hall–Kier alpha value is -2.14. The molecule has 1 heterocycles. The van der Waals surface area contributed by atoms with Gasteiger partial charge in [-0.05, 0) is 25.0 Å². The summed E-state index contributed by atoms with van der Waals surface area (Å²) in [6.45, 7) is 3.76. The number of aliphatic hydroxyl groups is 1. The van der Waals surface area contributed by atoms with Crippen LogP contribution in [0.5, 0.6) is 0 Å². The standard InChI is InChI=1S/C15H18N2O3/c1-10(9-18)11(2)16-14(19)7-8-15-17-12-5-3-4-6-13(12)20-15/h3-8,10-11,18H,9H2,1-2H3,(H,16,19)/b8-7+. The van der Waals surface area contributed by atoms with Crippen LogP contribution in [0.3, 0.4) is 0 Å². The SMILES string of the molecule is CC(CO)C(C)NC(=O)/C=C/c1nc2ccccc2o1. The number of carbonyl (C=O) groups is 1. The van der Waals surface area contributed by atoms with E-state index in [1.54, 1.807) is 0 Å². The lowest BCUT2D eigenvalue weighted by atomic mass is 10.1. The summed E-state index contributed by atoms with van der Waals surface area (Å²) in [7, 11) is 0. The zero-order chi connectivity index (χ0) is 14.5. The predicted octanol–water partition coefficient (Wildman–Crippen LogP) is 1.97. The molecule has 2 N–H and O–H groups in total. The van der Waals surface area contributed by atoms with E-state index in [0.717, 1.165) is 5.52 Å². The van der Waals surface area contributed by atoms with Crippen molar-refractivity contribution in [2.75, 3.05) is 6.61 Å². The molecule has 0 aliphatic carbocycles. The van der Waals surface area contributed by atoms with E-state index in [9.17, 15) is 4.79 Å². The third-order valence-electron chi connectivity index (χ3n) is 3.20. The van der Waals surface area contributed by atoms with Crippen molar-refractivity contribution in [1.29, 1.82) is 0 Å². The molecule has 5 heteroatoms. The van der Waals surface area contributed by atoms with E-state index in [4.69, 9.17) is 9.52 Å². The highest BCUT2D eigenvalue weighted by atomic mass is 16.3. The molecule has 2 unspecified atom stereocenters. The van der Waals surface area contributed by atoms with E-state index in [-0.39, 0.29) is 24.5 Å². The van der Waals surface area contributed by atoms with Crippen LogP contribution < -0.4 is 5.32 Å². The van der Waals surface area contributed by atoms with E-state index in [1.807, 2.05) is 38.1 Å². The molecule has 0 bridgehead atoms. The highest BCUT2D eigenvalue weighted by molar-refractivity contribution is 5.91. The van der Waals surface area contributed by atoms with Gasteiger partial charge in [-0.3, -0.25) is 4.79 Å². The van der Waals surface area contributed by atoms with Gasteiger partial charge in [-0.25, -0.2) is 4.98 Å². The van der Waals surface area contributed by atoms with Crippen molar-refractivity contribution in [2.24, 2.45) is 5.92 Å². The molecule has 2 rings (SSSR count). The van der Waals surface area contributed by atoms with Crippen LogP contribution in [-0.4, -0.2) is 28.6 Å². The van der Waals surface area contributed by atoms with Crippen molar-refractivity contribution in [2.45, 2.75) is 19.9 Å². The number of benzene rings is 1. The number of oxazole rings is 1. The fourth-order valence-electron chi connectivity index (χ4n) is 1.68. The van der Waals surface area contributed by atoms with Crippen LogP contribution in [0.15, 0.2) is 34.8 Å². The average molecular weight is 274 g/mol. The number of carbonyl (C=O) groups excluding carboxylic acids is 1. The lowest BCUT2D eigenvalue weighted by molar-refractivity contribution is -0.117. The van der Waals surface area contributed by atoms with E-state index >= 15 is 0 Å². The van der Waals surface area contributed by atoms with Crippen molar-refractivity contribution < 1.29 is 14.3 Å². The zero-order valence-electron chi connectivity index (χ0n) is 11.5. The van der Waals surface area contributed by atoms with E-state index in [2.05, 4.69) is 10.3 Å². The van der Waals surface area contributed by atoms with Crippen molar-refractivity contribution in [3.8, 4) is 0 Å². The van der Waals surface area contributed by atoms with Crippen LogP contribution in [0.2, 0.25) is 0 Å². The van der Waals surface area contributed by atoms with Crippen LogP contribution in [0.1, 0.15) is 19.7 Å². The predicted molar refractivity (Wildman–Crippen MR) is 76.9 cm³/mol. The Labute approximate surface area is 117 Å². The van der Waals surface area contributed by atoms with Crippen molar-refractivity contribution in [1.82, 2.24) is 10.3 Å². The van der Waals surface area contributed by atoms with Gasteiger partial charge in [0.05, 0.1) is 0 Å². The van der Waals surface area contributed by atoms with Crippen LogP contribution in [-0.2, 0) is 4.79 Å². The first-order chi connectivity index (χ1) is 9.60. The molecule has 2 atom stereocenters. The topological polar surface area (TPSA) is 75.4 Å². The lowest BCUT2D eigenvalue weighted by Crippen LogP contribution is -2.37. The molecule has 1 aromatic carbocycles. The first-order valence-electron chi connectivity index (χ1n) is 6.55. The second kappa shape index (κ2) is 6.34. The summed E-state index contributed by atoms with van der Waals surface area (Å²) in [5.41, 5.74) is 1.45. The van der Waals surface area contributed by atoms with Gasteiger partial charge in [0, 0.05) is 24.8 Å². The Bertz CT molecular complexity index is 585. The minimum Gasteiger partial charge on any atom is -0.437 e. The number of hydrogen-bond acceptors (Lipinski definition) is 4. The molecule has 2 aromatic rings. The average Bonchev–Trinajstić information content (AvgIpc) is 2.87. The molecule has 106 valence electrons. The van der Waals surface area contributed by atoms with Crippen LogP contribution >= 0.6 is 0 Å². The Morgan fingerprint density at radius 3 is 2.90 bits per heavy atom. The number of amides is 1. The molecule has 0 saturated heterocycles. The number of rotatable bonds is 5. The molecule has 1 aromatic heterocycles. The minimum atomic E-state index is -0.236. The van der Waals surface area contributed by atoms with E-state index in [0.29, 0.717) is 11.5 Å². The Kier molecular flexibility index (Phi) is 4.53. The highest BCUT2D eigenvalue weighted by Crippen LogP contribution is 2.15. The summed E-state index contributed by atoms with van der Waals surface area (Å²) >= 11 is 0. The molecule has 0 aliphatic heterocycles. The molecule has 5 nitrogen and oxygen atoms in total. The quantitative estimate of drug-likeness (QED) is 0.817. The molecule has 0 radical (unpaired) electrons. The smallest absolute Gasteiger partial charge is 0.244 e. The minimum absolute atomic E-state index is 0.0108. The van der Waals surface area contributed by atoms with E-state index < -0.39 is 0 Å². The Morgan fingerprint density at radius 2 is 2.20 bits per heavy atom. The fourth-order valence-corrected chi connectivity index (χ4v) is 1.68. The van der Waals surface area contributed by atoms with Gasteiger partial charge in [-0.15, -0.1) is 0 Å². The molecule has 0 spiro atoms. The normalized spacial score (nSPS) is 14.6. The first kappa shape index (κ1) is 14.3. The van der Waals surface area contributed by atoms with Gasteiger partial charge in [0.2, 0.25) is 11.8 Å². The molecule has 1 amide bonds. The summed E-state index contributed by atoms with van der Waals surface area (Å²) in [5.74, 6) is 0.168. The molecular formula is C15H18N2O3. The number of nitrogens with zero attached hydrogens (tertiary/aromatic N) is 1. The van der Waals surface area contributed by atoms with Crippen molar-refractivity contribution in [3.05, 3.63) is 36.2 Å². The second-order valence-electron chi connectivity index (χ2n) is 4.81. The monoisotopic (exact) mass is 274 g/mol. The highest BCUT2D eigenvalue weighted by Gasteiger charge is 2.12. The maximum atomic E-state index is 11.7. The Morgan fingerprint density at radius 1 is 1.45 bits per heavy atom.